The molecule has 2 fully saturated rings. The van der Waals surface area contributed by atoms with E-state index in [0.717, 1.165) is 42.0 Å². The molecule has 0 radical (unpaired) electrons. The topological polar surface area (TPSA) is 86.6 Å². The standard InChI is InChI=1S/C36H54N2O2.C2H4O2.Mn/c1-33(2,3)25-17-23(31(39)27(19-25)35(7,8)9)21-37-29-15-13-14-16-30(29)38-22-24-18-26(34(4,5)6)20-28(32(24)40)36(10,11)12;1-2(3)4;/h17-22,29-30,39-40H,13-16H2,1-12H3;1H3,(H,3,4);/q;;+2/p-1/t29-,30-;;/m1../s1. The molecule has 2 aromatic rings. The summed E-state index contributed by atoms with van der Waals surface area (Å²) >= 11 is 0.376. The van der Waals surface area contributed by atoms with Crippen LogP contribution in [-0.4, -0.2) is 47.9 Å². The third kappa shape index (κ3) is 9.01. The number of carboxylic acid groups (broad SMARTS) is 1. The number of nitrogens with zero attached hydrogens (tertiary/aromatic N) is 2. The molecule has 4 rings (SSSR count). The first-order chi connectivity index (χ1) is 20.4. The summed E-state index contributed by atoms with van der Waals surface area (Å²) in [7, 11) is 0. The second kappa shape index (κ2) is 13.2. The molecule has 45 heavy (non-hydrogen) atoms. The summed E-state index contributed by atoms with van der Waals surface area (Å²) < 4.78 is 4.96. The van der Waals surface area contributed by atoms with Crippen molar-refractivity contribution in [2.45, 2.75) is 149 Å². The fourth-order valence-corrected chi connectivity index (χ4v) is 7.74. The van der Waals surface area contributed by atoms with Crippen molar-refractivity contribution >= 4 is 18.4 Å². The van der Waals surface area contributed by atoms with Crippen LogP contribution in [0.25, 0.3) is 0 Å². The zero-order valence-electron chi connectivity index (χ0n) is 29.9. The number of carbonyl (C=O) groups is 1. The second-order valence-corrected chi connectivity index (χ2v) is 18.3. The van der Waals surface area contributed by atoms with E-state index in [2.05, 4.69) is 127 Å². The number of carboxylic acids is 1. The van der Waals surface area contributed by atoms with Crippen LogP contribution in [0.5, 0.6) is 11.5 Å². The number of fused-ring (bicyclic) bond motifs is 1. The minimum atomic E-state index is -1.08. The van der Waals surface area contributed by atoms with Gasteiger partial charge in [-0.25, -0.2) is 0 Å². The van der Waals surface area contributed by atoms with Gasteiger partial charge in [0.15, 0.2) is 0 Å². The van der Waals surface area contributed by atoms with E-state index in [4.69, 9.17) is 9.90 Å². The van der Waals surface area contributed by atoms with Crippen molar-refractivity contribution in [1.29, 1.82) is 0 Å². The molecule has 1 aliphatic carbocycles. The number of phenolic OH excluding ortho intramolecular Hbond substituents is 2. The van der Waals surface area contributed by atoms with Gasteiger partial charge in [0.25, 0.3) is 0 Å². The second-order valence-electron chi connectivity index (χ2n) is 16.9. The molecule has 7 heteroatoms. The van der Waals surface area contributed by atoms with Gasteiger partial charge in [-0.1, -0.05) is 0 Å². The van der Waals surface area contributed by atoms with Gasteiger partial charge in [-0.05, 0) is 6.92 Å². The van der Waals surface area contributed by atoms with E-state index in [0.29, 0.717) is 39.0 Å². The molecule has 1 saturated heterocycles. The fourth-order valence-electron chi connectivity index (χ4n) is 5.90. The summed E-state index contributed by atoms with van der Waals surface area (Å²) in [6.07, 6.45) is 9.19. The van der Waals surface area contributed by atoms with Crippen molar-refractivity contribution in [3.05, 3.63) is 57.6 Å². The number of aromatic hydroxyl groups is 2. The minimum absolute atomic E-state index is 0.0165. The zero-order chi connectivity index (χ0) is 34.3. The Bertz CT molecular complexity index is 1370. The Morgan fingerprint density at radius 3 is 1.27 bits per heavy atom. The summed E-state index contributed by atoms with van der Waals surface area (Å²) in [5, 5.41) is 31.9. The number of carbonyl (C=O) groups excluding carboxylic acids is 1. The Morgan fingerprint density at radius 1 is 0.689 bits per heavy atom. The van der Waals surface area contributed by atoms with Crippen LogP contribution in [0.2, 0.25) is 0 Å². The Labute approximate surface area is 278 Å². The van der Waals surface area contributed by atoms with E-state index < -0.39 is 5.97 Å². The van der Waals surface area contributed by atoms with E-state index in [1.807, 2.05) is 0 Å². The Morgan fingerprint density at radius 2 is 1.00 bits per heavy atom. The first-order valence-corrected chi connectivity index (χ1v) is 17.3. The van der Waals surface area contributed by atoms with Crippen molar-refractivity contribution < 1.29 is 42.7 Å². The molecular formula is C38H57MnN2O4+. The predicted molar refractivity (Wildman–Crippen MR) is 179 cm³/mol. The van der Waals surface area contributed by atoms with Crippen molar-refractivity contribution in [3.8, 4) is 11.5 Å². The van der Waals surface area contributed by atoms with Crippen molar-refractivity contribution in [2.75, 3.05) is 0 Å². The normalized spacial score (nSPS) is 21.0. The van der Waals surface area contributed by atoms with Gasteiger partial charge >= 0.3 is 257 Å². The first-order valence-electron chi connectivity index (χ1n) is 16.3. The number of phenols is 2. The predicted octanol–water partition coefficient (Wildman–Crippen LogP) is 6.84. The number of rotatable bonds is 2. The average molecular weight is 661 g/mol. The van der Waals surface area contributed by atoms with Crippen LogP contribution < -0.4 is 5.11 Å². The van der Waals surface area contributed by atoms with Crippen LogP contribution in [0, 0.1) is 0 Å². The van der Waals surface area contributed by atoms with Gasteiger partial charge in [-0.15, -0.1) is 0 Å². The van der Waals surface area contributed by atoms with Crippen molar-refractivity contribution in [2.24, 2.45) is 0 Å². The van der Waals surface area contributed by atoms with E-state index in [-0.39, 0.29) is 21.7 Å². The van der Waals surface area contributed by atoms with Gasteiger partial charge in [0.2, 0.25) is 0 Å². The van der Waals surface area contributed by atoms with Crippen molar-refractivity contribution in [1.82, 2.24) is 0 Å². The molecule has 2 atom stereocenters. The molecule has 0 unspecified atom stereocenters. The fraction of sp³-hybridized carbons (Fsp3) is 0.605. The zero-order valence-corrected chi connectivity index (χ0v) is 31.1. The molecule has 249 valence electrons. The van der Waals surface area contributed by atoms with E-state index in [1.54, 1.807) is 0 Å². The SMILES string of the molecule is CC(=O)[O-].CC(C)(C)c1cc(C=[N+]2[Mn][N+](=Cc3cc(C(C)(C)C)cc(C(C)(C)C)c3O)[C@@H]3CCCC[C@H]32)c(O)c(C(C)(C)C)c1. The van der Waals surface area contributed by atoms with Gasteiger partial charge in [0.05, 0.1) is 0 Å². The molecule has 1 saturated carbocycles. The third-order valence-electron chi connectivity index (χ3n) is 8.65. The van der Waals surface area contributed by atoms with Crippen LogP contribution >= 0.6 is 0 Å². The van der Waals surface area contributed by atoms with Gasteiger partial charge < -0.3 is 9.90 Å². The number of benzene rings is 2. The van der Waals surface area contributed by atoms with Gasteiger partial charge in [-0.3, -0.25) is 0 Å². The summed E-state index contributed by atoms with van der Waals surface area (Å²) in [6, 6.07) is 9.56. The molecule has 1 heterocycles. The van der Waals surface area contributed by atoms with E-state index in [9.17, 15) is 10.2 Å². The van der Waals surface area contributed by atoms with Gasteiger partial charge in [-0.2, -0.15) is 0 Å². The summed E-state index contributed by atoms with van der Waals surface area (Å²) in [5.41, 5.74) is 5.97. The molecule has 0 aromatic heterocycles. The van der Waals surface area contributed by atoms with Crippen LogP contribution in [0.1, 0.15) is 149 Å². The number of hydrogen-bond acceptors (Lipinski definition) is 4. The Hall–Kier alpha value is -2.63. The van der Waals surface area contributed by atoms with Crippen LogP contribution in [0.15, 0.2) is 24.3 Å². The molecule has 2 aromatic carbocycles. The summed E-state index contributed by atoms with van der Waals surface area (Å²) in [5.74, 6) is -0.285. The van der Waals surface area contributed by atoms with Crippen LogP contribution in [0.3, 0.4) is 0 Å². The van der Waals surface area contributed by atoms with Crippen LogP contribution in [-0.2, 0) is 41.8 Å². The average Bonchev–Trinajstić information content (AvgIpc) is 3.20. The van der Waals surface area contributed by atoms with Gasteiger partial charge in [0, 0.05) is 5.97 Å². The van der Waals surface area contributed by atoms with E-state index >= 15 is 0 Å². The molecule has 0 bridgehead atoms. The third-order valence-corrected chi connectivity index (χ3v) is 10.3. The maximum absolute atomic E-state index is 11.5. The molecule has 2 aliphatic rings. The first kappa shape index (κ1) is 36.8. The number of aliphatic carboxylic acids is 1. The Kier molecular flexibility index (Phi) is 10.8. The number of hydrogen-bond donors (Lipinski definition) is 2. The van der Waals surface area contributed by atoms with Crippen molar-refractivity contribution in [3.63, 3.8) is 0 Å². The monoisotopic (exact) mass is 660 g/mol. The molecule has 1 aliphatic heterocycles. The quantitative estimate of drug-likeness (QED) is 0.346. The van der Waals surface area contributed by atoms with E-state index in [1.165, 1.54) is 24.0 Å². The molecule has 0 spiro atoms. The summed E-state index contributed by atoms with van der Waals surface area (Å²) in [6.45, 7) is 27.5. The Balaban J connectivity index is 0.00000130. The van der Waals surface area contributed by atoms with Gasteiger partial charge in [0.1, 0.15) is 0 Å². The van der Waals surface area contributed by atoms with Crippen LogP contribution in [0.4, 0.5) is 0 Å². The maximum atomic E-state index is 11.5. The molecular weight excluding hydrogens is 603 g/mol. The summed E-state index contributed by atoms with van der Waals surface area (Å²) in [4.78, 5) is 8.89. The molecule has 6 nitrogen and oxygen atoms in total. The molecule has 0 amide bonds. The molecule has 2 N–H and O–H groups in total.